The molecule has 0 radical (unpaired) electrons. The first-order valence-corrected chi connectivity index (χ1v) is 17.7. The topological polar surface area (TPSA) is 13.1 Å². The molecular formula is C50H28O. The number of rotatable bonds is 2. The van der Waals surface area contributed by atoms with E-state index in [1.807, 2.05) is 0 Å². The highest BCUT2D eigenvalue weighted by molar-refractivity contribution is 6.26. The van der Waals surface area contributed by atoms with Crippen LogP contribution in [-0.2, 0) is 0 Å². The summed E-state index contributed by atoms with van der Waals surface area (Å²) in [6, 6.07) is 62.8. The third-order valence-corrected chi connectivity index (χ3v) is 11.3. The number of fused-ring (bicyclic) bond motifs is 9. The highest BCUT2D eigenvalue weighted by Crippen LogP contribution is 2.45. The Morgan fingerprint density at radius 1 is 0.255 bits per heavy atom. The van der Waals surface area contributed by atoms with Gasteiger partial charge in [0.05, 0.1) is 0 Å². The molecule has 0 atom stereocenters. The molecule has 12 aromatic rings. The fourth-order valence-electron chi connectivity index (χ4n) is 8.95. The predicted octanol–water partition coefficient (Wildman–Crippen LogP) is 14.4. The highest BCUT2D eigenvalue weighted by Gasteiger charge is 2.19. The Labute approximate surface area is 292 Å². The molecule has 1 aromatic heterocycles. The molecule has 51 heavy (non-hydrogen) atoms. The molecule has 1 nitrogen and oxygen atoms in total. The lowest BCUT2D eigenvalue weighted by atomic mass is 9.87. The average molecular weight is 645 g/mol. The van der Waals surface area contributed by atoms with Crippen molar-refractivity contribution in [1.29, 1.82) is 0 Å². The van der Waals surface area contributed by atoms with Crippen LogP contribution < -0.4 is 0 Å². The van der Waals surface area contributed by atoms with Crippen LogP contribution in [-0.4, -0.2) is 0 Å². The van der Waals surface area contributed by atoms with Crippen molar-refractivity contribution in [2.45, 2.75) is 0 Å². The van der Waals surface area contributed by atoms with E-state index in [4.69, 9.17) is 4.42 Å². The van der Waals surface area contributed by atoms with Crippen LogP contribution in [0.2, 0.25) is 0 Å². The molecule has 0 amide bonds. The van der Waals surface area contributed by atoms with Crippen LogP contribution in [0, 0.1) is 0 Å². The molecule has 1 heteroatoms. The zero-order valence-electron chi connectivity index (χ0n) is 27.6. The smallest absolute Gasteiger partial charge is 0.136 e. The van der Waals surface area contributed by atoms with Crippen molar-refractivity contribution in [2.75, 3.05) is 0 Å². The Morgan fingerprint density at radius 3 is 1.69 bits per heavy atom. The third-order valence-electron chi connectivity index (χ3n) is 11.3. The van der Waals surface area contributed by atoms with Gasteiger partial charge in [0.15, 0.2) is 0 Å². The van der Waals surface area contributed by atoms with Gasteiger partial charge in [-0.1, -0.05) is 140 Å². The molecule has 0 unspecified atom stereocenters. The zero-order chi connectivity index (χ0) is 33.2. The van der Waals surface area contributed by atoms with Gasteiger partial charge in [0.1, 0.15) is 11.2 Å². The van der Waals surface area contributed by atoms with Gasteiger partial charge in [0.25, 0.3) is 0 Å². The van der Waals surface area contributed by atoms with Crippen LogP contribution in [0.5, 0.6) is 0 Å². The average Bonchev–Trinajstić information content (AvgIpc) is 3.55. The van der Waals surface area contributed by atoms with Gasteiger partial charge < -0.3 is 4.42 Å². The van der Waals surface area contributed by atoms with E-state index in [-0.39, 0.29) is 0 Å². The molecule has 11 aromatic carbocycles. The molecule has 0 aliphatic carbocycles. The molecule has 1 heterocycles. The fourth-order valence-corrected chi connectivity index (χ4v) is 8.95. The van der Waals surface area contributed by atoms with Gasteiger partial charge >= 0.3 is 0 Å². The van der Waals surface area contributed by atoms with Crippen molar-refractivity contribution in [3.05, 3.63) is 170 Å². The first-order valence-electron chi connectivity index (χ1n) is 17.7. The van der Waals surface area contributed by atoms with Gasteiger partial charge in [-0.2, -0.15) is 0 Å². The second-order valence-corrected chi connectivity index (χ2v) is 14.0. The number of hydrogen-bond donors (Lipinski definition) is 0. The first kappa shape index (κ1) is 27.2. The van der Waals surface area contributed by atoms with Crippen molar-refractivity contribution in [3.8, 4) is 22.3 Å². The Morgan fingerprint density at radius 2 is 0.863 bits per heavy atom. The molecule has 0 saturated carbocycles. The van der Waals surface area contributed by atoms with Crippen molar-refractivity contribution in [2.24, 2.45) is 0 Å². The van der Waals surface area contributed by atoms with Gasteiger partial charge in [-0.15, -0.1) is 0 Å². The Bertz CT molecular complexity index is 3400. The van der Waals surface area contributed by atoms with Crippen LogP contribution in [0.25, 0.3) is 120 Å². The van der Waals surface area contributed by atoms with Crippen LogP contribution in [0.3, 0.4) is 0 Å². The summed E-state index contributed by atoms with van der Waals surface area (Å²) in [5.41, 5.74) is 6.55. The van der Waals surface area contributed by atoms with E-state index in [2.05, 4.69) is 170 Å². The quantitative estimate of drug-likeness (QED) is 0.171. The number of hydrogen-bond acceptors (Lipinski definition) is 1. The van der Waals surface area contributed by atoms with E-state index in [1.54, 1.807) is 0 Å². The van der Waals surface area contributed by atoms with Crippen molar-refractivity contribution < 1.29 is 4.42 Å². The monoisotopic (exact) mass is 644 g/mol. The second-order valence-electron chi connectivity index (χ2n) is 14.0. The Hall–Kier alpha value is -6.70. The van der Waals surface area contributed by atoms with Crippen LogP contribution in [0.15, 0.2) is 174 Å². The number of furan rings is 1. The molecule has 0 fully saturated rings. The molecular weight excluding hydrogens is 617 g/mol. The summed E-state index contributed by atoms with van der Waals surface area (Å²) in [7, 11) is 0. The molecule has 12 rings (SSSR count). The lowest BCUT2D eigenvalue weighted by Gasteiger charge is -2.15. The Kier molecular flexibility index (Phi) is 5.29. The minimum atomic E-state index is 0.905. The molecule has 0 N–H and O–H groups in total. The minimum Gasteiger partial charge on any atom is -0.456 e. The van der Waals surface area contributed by atoms with Gasteiger partial charge in [-0.3, -0.25) is 0 Å². The van der Waals surface area contributed by atoms with E-state index in [9.17, 15) is 0 Å². The van der Waals surface area contributed by atoms with E-state index < -0.39 is 0 Å². The summed E-state index contributed by atoms with van der Waals surface area (Å²) >= 11 is 0. The third kappa shape index (κ3) is 3.81. The lowest BCUT2D eigenvalue weighted by molar-refractivity contribution is 0.669. The van der Waals surface area contributed by atoms with Gasteiger partial charge in [-0.05, 0) is 128 Å². The molecule has 0 saturated heterocycles. The standard InChI is InChI=1S/C50H28O/c1-2-8-36-27-45-44(24-35(36)7-1)50-43(37-19-14-30-13-16-33-15-12-29-6-3-4-11-40(29)48(33)42(30)25-37)26-38(28-46(50)51-45)39-22-20-34-18-17-31-9-5-10-32-21-23-41(39)49(34)47(31)32/h1-28H. The normalized spacial score (nSPS) is 12.3. The lowest BCUT2D eigenvalue weighted by Crippen LogP contribution is -1.89. The molecule has 0 bridgehead atoms. The van der Waals surface area contributed by atoms with Crippen molar-refractivity contribution in [3.63, 3.8) is 0 Å². The van der Waals surface area contributed by atoms with Gasteiger partial charge in [0, 0.05) is 10.8 Å². The Balaban J connectivity index is 1.20. The predicted molar refractivity (Wildman–Crippen MR) is 218 cm³/mol. The minimum absolute atomic E-state index is 0.905. The SMILES string of the molecule is c1ccc2cc3c(cc2c1)oc1cc(-c2ccc4ccc5cccc6ccc2c4c56)cc(-c2ccc4ccc5ccc6ccccc6c5c4c2)c13. The van der Waals surface area contributed by atoms with Crippen molar-refractivity contribution >= 4 is 97.3 Å². The van der Waals surface area contributed by atoms with Crippen LogP contribution in [0.4, 0.5) is 0 Å². The number of benzene rings is 11. The van der Waals surface area contributed by atoms with Crippen LogP contribution in [0.1, 0.15) is 0 Å². The summed E-state index contributed by atoms with van der Waals surface area (Å²) < 4.78 is 6.83. The van der Waals surface area contributed by atoms with Crippen LogP contribution >= 0.6 is 0 Å². The summed E-state index contributed by atoms with van der Waals surface area (Å²) in [6.45, 7) is 0. The highest BCUT2D eigenvalue weighted by atomic mass is 16.3. The molecule has 0 spiro atoms. The zero-order valence-corrected chi connectivity index (χ0v) is 27.6. The second kappa shape index (κ2) is 9.94. The largest absolute Gasteiger partial charge is 0.456 e. The maximum Gasteiger partial charge on any atom is 0.136 e. The summed E-state index contributed by atoms with van der Waals surface area (Å²) in [5, 5.41) is 20.0. The van der Waals surface area contributed by atoms with Crippen molar-refractivity contribution in [1.82, 2.24) is 0 Å². The fraction of sp³-hybridized carbons (Fsp3) is 0. The summed E-state index contributed by atoms with van der Waals surface area (Å²) in [4.78, 5) is 0. The molecule has 0 aliphatic rings. The molecule has 0 aliphatic heterocycles. The van der Waals surface area contributed by atoms with E-state index in [1.165, 1.54) is 92.1 Å². The summed E-state index contributed by atoms with van der Waals surface area (Å²) in [5.74, 6) is 0. The maximum atomic E-state index is 6.83. The van der Waals surface area contributed by atoms with E-state index in [0.717, 1.165) is 27.5 Å². The van der Waals surface area contributed by atoms with E-state index >= 15 is 0 Å². The first-order chi connectivity index (χ1) is 25.2. The van der Waals surface area contributed by atoms with E-state index in [0.29, 0.717) is 0 Å². The van der Waals surface area contributed by atoms with Gasteiger partial charge in [0.2, 0.25) is 0 Å². The molecule has 234 valence electrons. The van der Waals surface area contributed by atoms with Gasteiger partial charge in [-0.25, -0.2) is 0 Å². The summed E-state index contributed by atoms with van der Waals surface area (Å²) in [6.07, 6.45) is 0. The maximum absolute atomic E-state index is 6.83.